The normalized spacial score (nSPS) is 15.4. The third kappa shape index (κ3) is 3.15. The topological polar surface area (TPSA) is 93.9 Å². The molecule has 0 radical (unpaired) electrons. The van der Waals surface area contributed by atoms with Gasteiger partial charge in [-0.2, -0.15) is 5.26 Å². The highest BCUT2D eigenvalue weighted by Crippen LogP contribution is 2.41. The van der Waals surface area contributed by atoms with E-state index in [9.17, 15) is 14.4 Å². The molecule has 4 rings (SSSR count). The van der Waals surface area contributed by atoms with Gasteiger partial charge in [0.25, 0.3) is 5.56 Å². The summed E-state index contributed by atoms with van der Waals surface area (Å²) >= 11 is 0. The van der Waals surface area contributed by atoms with E-state index in [1.807, 2.05) is 12.1 Å². The SMILES string of the molecule is Cc1cc2c(c(=O)n1Cc1cccnc1)C(c1ccccc1F)C(C#N)=C(N)O2. The van der Waals surface area contributed by atoms with Crippen LogP contribution < -0.4 is 16.0 Å². The molecule has 1 atom stereocenters. The van der Waals surface area contributed by atoms with E-state index in [0.717, 1.165) is 5.56 Å². The molecule has 0 saturated carbocycles. The van der Waals surface area contributed by atoms with Gasteiger partial charge in [-0.25, -0.2) is 4.39 Å². The number of rotatable bonds is 3. The summed E-state index contributed by atoms with van der Waals surface area (Å²) in [5, 5.41) is 9.65. The largest absolute Gasteiger partial charge is 0.440 e. The molecule has 1 unspecified atom stereocenters. The average Bonchev–Trinajstić information content (AvgIpc) is 2.71. The Hall–Kier alpha value is -3.92. The fourth-order valence-electron chi connectivity index (χ4n) is 3.58. The number of aryl methyl sites for hydroxylation is 1. The van der Waals surface area contributed by atoms with Gasteiger partial charge in [0.1, 0.15) is 23.2 Å². The van der Waals surface area contributed by atoms with Gasteiger partial charge in [0.05, 0.1) is 18.0 Å². The molecule has 1 aliphatic heterocycles. The van der Waals surface area contributed by atoms with Crippen LogP contribution in [0.1, 0.15) is 28.3 Å². The Morgan fingerprint density at radius 3 is 2.79 bits per heavy atom. The zero-order valence-corrected chi connectivity index (χ0v) is 15.6. The van der Waals surface area contributed by atoms with Crippen molar-refractivity contribution in [2.75, 3.05) is 0 Å². The highest BCUT2D eigenvalue weighted by atomic mass is 19.1. The van der Waals surface area contributed by atoms with Crippen LogP contribution in [0.5, 0.6) is 5.75 Å². The van der Waals surface area contributed by atoms with Crippen molar-refractivity contribution in [3.63, 3.8) is 0 Å². The van der Waals surface area contributed by atoms with Crippen molar-refractivity contribution in [2.24, 2.45) is 5.73 Å². The van der Waals surface area contributed by atoms with Crippen LogP contribution in [-0.4, -0.2) is 9.55 Å². The van der Waals surface area contributed by atoms with Gasteiger partial charge in [0, 0.05) is 29.7 Å². The van der Waals surface area contributed by atoms with Gasteiger partial charge in [0.2, 0.25) is 5.88 Å². The molecule has 0 fully saturated rings. The second-order valence-corrected chi connectivity index (χ2v) is 6.76. The third-order valence-electron chi connectivity index (χ3n) is 4.97. The minimum Gasteiger partial charge on any atom is -0.440 e. The molecule has 0 spiro atoms. The number of hydrogen-bond donors (Lipinski definition) is 1. The third-order valence-corrected chi connectivity index (χ3v) is 4.97. The summed E-state index contributed by atoms with van der Waals surface area (Å²) in [5.74, 6) is -1.36. The van der Waals surface area contributed by atoms with E-state index >= 15 is 0 Å². The molecule has 1 aliphatic rings. The lowest BCUT2D eigenvalue weighted by atomic mass is 9.83. The lowest BCUT2D eigenvalue weighted by molar-refractivity contribution is 0.387. The lowest BCUT2D eigenvalue weighted by Crippen LogP contribution is -2.33. The van der Waals surface area contributed by atoms with Crippen molar-refractivity contribution in [1.82, 2.24) is 9.55 Å². The summed E-state index contributed by atoms with van der Waals surface area (Å²) in [4.78, 5) is 17.5. The molecule has 0 bridgehead atoms. The fourth-order valence-corrected chi connectivity index (χ4v) is 3.58. The predicted octanol–water partition coefficient (Wildman–Crippen LogP) is 2.96. The minimum absolute atomic E-state index is 0.0106. The molecular weight excluding hydrogens is 371 g/mol. The maximum absolute atomic E-state index is 14.6. The van der Waals surface area contributed by atoms with Crippen LogP contribution in [-0.2, 0) is 6.54 Å². The number of nitrogens with zero attached hydrogens (tertiary/aromatic N) is 3. The monoisotopic (exact) mass is 388 g/mol. The Labute approximate surface area is 166 Å². The van der Waals surface area contributed by atoms with Crippen molar-refractivity contribution in [2.45, 2.75) is 19.4 Å². The Kier molecular flexibility index (Phi) is 4.61. The maximum Gasteiger partial charge on any atom is 0.259 e. The van der Waals surface area contributed by atoms with Crippen LogP contribution in [0.25, 0.3) is 0 Å². The second-order valence-electron chi connectivity index (χ2n) is 6.76. The number of pyridine rings is 2. The molecule has 3 heterocycles. The van der Waals surface area contributed by atoms with E-state index in [2.05, 4.69) is 4.98 Å². The van der Waals surface area contributed by atoms with Gasteiger partial charge in [-0.3, -0.25) is 9.78 Å². The lowest BCUT2D eigenvalue weighted by Gasteiger charge is -2.27. The number of nitrogens with two attached hydrogens (primary N) is 1. The molecule has 2 aromatic heterocycles. The van der Waals surface area contributed by atoms with Crippen LogP contribution >= 0.6 is 0 Å². The van der Waals surface area contributed by atoms with Gasteiger partial charge >= 0.3 is 0 Å². The molecular formula is C22H17FN4O2. The van der Waals surface area contributed by atoms with E-state index in [1.54, 1.807) is 54.2 Å². The molecule has 29 heavy (non-hydrogen) atoms. The van der Waals surface area contributed by atoms with Crippen molar-refractivity contribution in [3.8, 4) is 11.8 Å². The summed E-state index contributed by atoms with van der Waals surface area (Å²) in [7, 11) is 0. The zero-order chi connectivity index (χ0) is 20.5. The summed E-state index contributed by atoms with van der Waals surface area (Å²) in [6.45, 7) is 2.07. The van der Waals surface area contributed by atoms with E-state index in [4.69, 9.17) is 10.5 Å². The summed E-state index contributed by atoms with van der Waals surface area (Å²) in [6, 6.07) is 13.4. The molecule has 2 N–H and O–H groups in total. The van der Waals surface area contributed by atoms with Crippen LogP contribution in [0, 0.1) is 24.1 Å². The maximum atomic E-state index is 14.6. The number of aromatic nitrogens is 2. The molecule has 144 valence electrons. The van der Waals surface area contributed by atoms with Crippen molar-refractivity contribution in [1.29, 1.82) is 5.26 Å². The van der Waals surface area contributed by atoms with Crippen LogP contribution in [0.2, 0.25) is 0 Å². The highest BCUT2D eigenvalue weighted by Gasteiger charge is 2.35. The van der Waals surface area contributed by atoms with Crippen molar-refractivity contribution in [3.05, 3.63) is 105 Å². The van der Waals surface area contributed by atoms with Gasteiger partial charge in [0.15, 0.2) is 0 Å². The van der Waals surface area contributed by atoms with E-state index in [-0.39, 0.29) is 40.4 Å². The Balaban J connectivity index is 1.96. The summed E-state index contributed by atoms with van der Waals surface area (Å²) < 4.78 is 21.8. The number of hydrogen-bond acceptors (Lipinski definition) is 5. The fraction of sp³-hybridized carbons (Fsp3) is 0.136. The van der Waals surface area contributed by atoms with Crippen LogP contribution in [0.3, 0.4) is 0 Å². The van der Waals surface area contributed by atoms with Gasteiger partial charge < -0.3 is 15.0 Å². The first kappa shape index (κ1) is 18.4. The number of nitriles is 1. The van der Waals surface area contributed by atoms with E-state index < -0.39 is 11.7 Å². The second kappa shape index (κ2) is 7.24. The molecule has 0 saturated heterocycles. The number of benzene rings is 1. The summed E-state index contributed by atoms with van der Waals surface area (Å²) in [5.41, 5.74) is 7.47. The van der Waals surface area contributed by atoms with Crippen LogP contribution in [0.15, 0.2) is 71.1 Å². The number of ether oxygens (including phenoxy) is 1. The standard InChI is InChI=1S/C22H17FN4O2/c1-13-9-18-20(22(28)27(13)12-14-5-4-8-26-11-14)19(16(10-24)21(25)29-18)15-6-2-3-7-17(15)23/h2-9,11,19H,12,25H2,1H3. The average molecular weight is 388 g/mol. The molecule has 0 amide bonds. The Morgan fingerprint density at radius 1 is 1.31 bits per heavy atom. The first-order valence-electron chi connectivity index (χ1n) is 8.96. The smallest absolute Gasteiger partial charge is 0.259 e. The van der Waals surface area contributed by atoms with Gasteiger partial charge in [-0.1, -0.05) is 24.3 Å². The zero-order valence-electron chi connectivity index (χ0n) is 15.6. The summed E-state index contributed by atoms with van der Waals surface area (Å²) in [6.07, 6.45) is 3.33. The first-order chi connectivity index (χ1) is 14.0. The van der Waals surface area contributed by atoms with E-state index in [1.165, 1.54) is 6.07 Å². The number of fused-ring (bicyclic) bond motifs is 1. The Bertz CT molecular complexity index is 1230. The predicted molar refractivity (Wildman–Crippen MR) is 104 cm³/mol. The van der Waals surface area contributed by atoms with E-state index in [0.29, 0.717) is 5.69 Å². The van der Waals surface area contributed by atoms with Gasteiger partial charge in [-0.05, 0) is 24.6 Å². The van der Waals surface area contributed by atoms with Crippen molar-refractivity contribution >= 4 is 0 Å². The Morgan fingerprint density at radius 2 is 2.10 bits per heavy atom. The quantitative estimate of drug-likeness (QED) is 0.744. The number of allylic oxidation sites excluding steroid dienone is 1. The molecule has 3 aromatic rings. The number of halogens is 1. The highest BCUT2D eigenvalue weighted by molar-refractivity contribution is 5.55. The van der Waals surface area contributed by atoms with Crippen LogP contribution in [0.4, 0.5) is 4.39 Å². The first-order valence-corrected chi connectivity index (χ1v) is 8.96. The molecule has 6 nitrogen and oxygen atoms in total. The molecule has 0 aliphatic carbocycles. The van der Waals surface area contributed by atoms with Gasteiger partial charge in [-0.15, -0.1) is 0 Å². The molecule has 7 heteroatoms. The minimum atomic E-state index is -0.946. The molecule has 1 aromatic carbocycles. The van der Waals surface area contributed by atoms with Crippen molar-refractivity contribution < 1.29 is 9.13 Å².